The molecule has 0 aliphatic heterocycles. The molecular weight excluding hydrogens is 484 g/mol. The van der Waals surface area contributed by atoms with Crippen LogP contribution in [0.3, 0.4) is 0 Å². The molecule has 0 heterocycles. The van der Waals surface area contributed by atoms with Gasteiger partial charge in [-0.25, -0.2) is 0 Å². The topological polar surface area (TPSA) is 109 Å². The molecule has 3 rings (SSSR count). The summed E-state index contributed by atoms with van der Waals surface area (Å²) in [6, 6.07) is 21.3. The summed E-state index contributed by atoms with van der Waals surface area (Å²) in [5.41, 5.74) is 3.76. The third-order valence-corrected chi connectivity index (χ3v) is 6.42. The van der Waals surface area contributed by atoms with Crippen molar-refractivity contribution in [3.05, 3.63) is 89.0 Å². The molecule has 7 heteroatoms. The Kier molecular flexibility index (Phi) is 11.0. The van der Waals surface area contributed by atoms with Crippen LogP contribution >= 0.6 is 0 Å². The summed E-state index contributed by atoms with van der Waals surface area (Å²) in [5, 5.41) is 38.4. The number of hydrogen-bond acceptors (Lipinski definition) is 7. The lowest BCUT2D eigenvalue weighted by Crippen LogP contribution is -2.21. The molecular formula is C31H40O7. The highest BCUT2D eigenvalue weighted by molar-refractivity contribution is 5.42. The summed E-state index contributed by atoms with van der Waals surface area (Å²) in [6.45, 7) is 6.48. The van der Waals surface area contributed by atoms with E-state index in [9.17, 15) is 15.3 Å². The van der Waals surface area contributed by atoms with E-state index in [0.29, 0.717) is 24.3 Å². The Labute approximate surface area is 225 Å². The van der Waals surface area contributed by atoms with Crippen LogP contribution in [0.25, 0.3) is 0 Å². The second-order valence-corrected chi connectivity index (χ2v) is 9.99. The lowest BCUT2D eigenvalue weighted by Gasteiger charge is -2.26. The summed E-state index contributed by atoms with van der Waals surface area (Å²) >= 11 is 0. The van der Waals surface area contributed by atoms with Crippen LogP contribution in [0.2, 0.25) is 0 Å². The molecule has 0 saturated heterocycles. The summed E-state index contributed by atoms with van der Waals surface area (Å²) in [7, 11) is 0. The molecule has 0 aliphatic rings. The molecule has 0 fully saturated rings. The Hall–Kier alpha value is -3.10. The van der Waals surface area contributed by atoms with Crippen molar-refractivity contribution in [3.8, 4) is 17.2 Å². The molecule has 0 radical (unpaired) electrons. The maximum atomic E-state index is 10.7. The monoisotopic (exact) mass is 524 g/mol. The van der Waals surface area contributed by atoms with Crippen LogP contribution < -0.4 is 14.2 Å². The van der Waals surface area contributed by atoms with E-state index in [1.165, 1.54) is 0 Å². The maximum absolute atomic E-state index is 10.7. The van der Waals surface area contributed by atoms with Crippen LogP contribution in [-0.2, 0) is 18.3 Å². The highest BCUT2D eigenvalue weighted by Crippen LogP contribution is 2.33. The Balaban J connectivity index is 1.60. The van der Waals surface area contributed by atoms with Crippen molar-refractivity contribution in [2.75, 3.05) is 33.0 Å². The van der Waals surface area contributed by atoms with Crippen LogP contribution in [0, 0.1) is 0 Å². The van der Waals surface area contributed by atoms with Gasteiger partial charge < -0.3 is 34.6 Å². The van der Waals surface area contributed by atoms with Gasteiger partial charge in [0.15, 0.2) is 0 Å². The van der Waals surface area contributed by atoms with Gasteiger partial charge in [0.1, 0.15) is 37.1 Å². The van der Waals surface area contributed by atoms with E-state index in [1.807, 2.05) is 60.7 Å². The van der Waals surface area contributed by atoms with Gasteiger partial charge in [-0.05, 0) is 65.9 Å². The minimum atomic E-state index is -0.762. The Morgan fingerprint density at radius 1 is 0.737 bits per heavy atom. The average molecular weight is 525 g/mol. The van der Waals surface area contributed by atoms with Gasteiger partial charge in [0.2, 0.25) is 0 Å². The zero-order valence-corrected chi connectivity index (χ0v) is 22.5. The number of rotatable bonds is 15. The van der Waals surface area contributed by atoms with E-state index in [1.54, 1.807) is 13.0 Å². The average Bonchev–Trinajstić information content (AvgIpc) is 2.91. The number of aliphatic hydroxyl groups is 4. The lowest BCUT2D eigenvalue weighted by molar-refractivity contribution is 0.106. The van der Waals surface area contributed by atoms with Gasteiger partial charge in [-0.2, -0.15) is 0 Å². The third kappa shape index (κ3) is 8.46. The molecule has 3 aromatic carbocycles. The van der Waals surface area contributed by atoms with Crippen LogP contribution in [0.1, 0.15) is 43.0 Å². The molecule has 206 valence electrons. The molecule has 38 heavy (non-hydrogen) atoms. The molecule has 2 atom stereocenters. The first-order valence-corrected chi connectivity index (χ1v) is 13.0. The fourth-order valence-electron chi connectivity index (χ4n) is 4.20. The molecule has 0 saturated carbocycles. The van der Waals surface area contributed by atoms with Crippen molar-refractivity contribution in [3.63, 3.8) is 0 Å². The number of hydrogen-bond donors (Lipinski definition) is 4. The van der Waals surface area contributed by atoms with Gasteiger partial charge in [0.05, 0.1) is 18.8 Å². The minimum absolute atomic E-state index is 0.0401. The zero-order chi connectivity index (χ0) is 27.5. The van der Waals surface area contributed by atoms with Gasteiger partial charge >= 0.3 is 0 Å². The molecule has 7 nitrogen and oxygen atoms in total. The third-order valence-electron chi connectivity index (χ3n) is 6.42. The van der Waals surface area contributed by atoms with E-state index in [4.69, 9.17) is 19.3 Å². The van der Waals surface area contributed by atoms with E-state index in [2.05, 4.69) is 13.8 Å². The second-order valence-electron chi connectivity index (χ2n) is 9.99. The van der Waals surface area contributed by atoms with Crippen LogP contribution in [0.15, 0.2) is 66.7 Å². The van der Waals surface area contributed by atoms with Gasteiger partial charge in [-0.3, -0.25) is 0 Å². The van der Waals surface area contributed by atoms with Crippen molar-refractivity contribution >= 4 is 0 Å². The SMILES string of the molecule is CC(O)COc1ccc(C(C)(C)c2ccc(OCC(O)Cc3cc(CCO)ccc3OCCO)cc2)cc1. The number of aliphatic hydroxyl groups excluding tert-OH is 4. The standard InChI is InChI=1S/C31H40O7/c1-22(34)20-37-28-9-5-25(6-10-28)31(2,3)26-7-11-29(12-8-26)38-21-27(35)19-24-18-23(14-15-32)4-13-30(24)36-17-16-33/h4-13,18,22,27,32-35H,14-17,19-21H2,1-3H3. The van der Waals surface area contributed by atoms with E-state index in [0.717, 1.165) is 28.0 Å². The van der Waals surface area contributed by atoms with Crippen LogP contribution in [0.4, 0.5) is 0 Å². The normalized spacial score (nSPS) is 13.1. The van der Waals surface area contributed by atoms with E-state index in [-0.39, 0.29) is 38.4 Å². The molecule has 0 spiro atoms. The number of benzene rings is 3. The molecule has 0 bridgehead atoms. The first-order chi connectivity index (χ1) is 18.2. The van der Waals surface area contributed by atoms with Crippen molar-refractivity contribution in [1.29, 1.82) is 0 Å². The van der Waals surface area contributed by atoms with Gasteiger partial charge in [0, 0.05) is 18.4 Å². The van der Waals surface area contributed by atoms with Crippen molar-refractivity contribution in [1.82, 2.24) is 0 Å². The Bertz CT molecular complexity index is 1110. The molecule has 4 N–H and O–H groups in total. The maximum Gasteiger partial charge on any atom is 0.122 e. The highest BCUT2D eigenvalue weighted by Gasteiger charge is 2.23. The first-order valence-electron chi connectivity index (χ1n) is 13.0. The molecule has 2 unspecified atom stereocenters. The Morgan fingerprint density at radius 3 is 1.84 bits per heavy atom. The number of ether oxygens (including phenoxy) is 3. The zero-order valence-electron chi connectivity index (χ0n) is 22.5. The van der Waals surface area contributed by atoms with Gasteiger partial charge in [0.25, 0.3) is 0 Å². The van der Waals surface area contributed by atoms with Crippen molar-refractivity contribution < 1.29 is 34.6 Å². The van der Waals surface area contributed by atoms with Gasteiger partial charge in [-0.1, -0.05) is 50.2 Å². The largest absolute Gasteiger partial charge is 0.491 e. The quantitative estimate of drug-likeness (QED) is 0.240. The summed E-state index contributed by atoms with van der Waals surface area (Å²) in [6.07, 6.45) is -0.438. The summed E-state index contributed by atoms with van der Waals surface area (Å²) in [4.78, 5) is 0. The summed E-state index contributed by atoms with van der Waals surface area (Å²) < 4.78 is 17.0. The van der Waals surface area contributed by atoms with Crippen molar-refractivity contribution in [2.45, 2.75) is 51.2 Å². The predicted molar refractivity (Wildman–Crippen MR) is 147 cm³/mol. The van der Waals surface area contributed by atoms with E-state index >= 15 is 0 Å². The summed E-state index contributed by atoms with van der Waals surface area (Å²) in [5.74, 6) is 1.99. The van der Waals surface area contributed by atoms with Crippen molar-refractivity contribution in [2.24, 2.45) is 0 Å². The smallest absolute Gasteiger partial charge is 0.122 e. The molecule has 0 amide bonds. The molecule has 0 aromatic heterocycles. The van der Waals surface area contributed by atoms with E-state index < -0.39 is 12.2 Å². The molecule has 0 aliphatic carbocycles. The molecule has 3 aromatic rings. The fourth-order valence-corrected chi connectivity index (χ4v) is 4.20. The van der Waals surface area contributed by atoms with Crippen LogP contribution in [0.5, 0.6) is 17.2 Å². The minimum Gasteiger partial charge on any atom is -0.491 e. The fraction of sp³-hybridized carbons (Fsp3) is 0.419. The lowest BCUT2D eigenvalue weighted by atomic mass is 9.78. The van der Waals surface area contributed by atoms with Crippen LogP contribution in [-0.4, -0.2) is 65.7 Å². The predicted octanol–water partition coefficient (Wildman–Crippen LogP) is 3.66. The second kappa shape index (κ2) is 14.2. The first kappa shape index (κ1) is 29.5. The van der Waals surface area contributed by atoms with Gasteiger partial charge in [-0.15, -0.1) is 0 Å². The highest BCUT2D eigenvalue weighted by atomic mass is 16.5. The Morgan fingerprint density at radius 2 is 1.32 bits per heavy atom.